The Balaban J connectivity index is 2.71. The van der Waals surface area contributed by atoms with Crippen LogP contribution in [0.3, 0.4) is 0 Å². The van der Waals surface area contributed by atoms with Crippen LogP contribution in [0.2, 0.25) is 0 Å². The number of primary amides is 1. The third-order valence-electron chi connectivity index (χ3n) is 4.69. The monoisotopic (exact) mass is 314 g/mol. The number of benzene rings is 1. The van der Waals surface area contributed by atoms with Gasteiger partial charge in [-0.15, -0.1) is 0 Å². The molecule has 4 nitrogen and oxygen atoms in total. The third-order valence-corrected chi connectivity index (χ3v) is 4.69. The highest BCUT2D eigenvalue weighted by Crippen LogP contribution is 2.36. The summed E-state index contributed by atoms with van der Waals surface area (Å²) in [4.78, 5) is 12.1. The van der Waals surface area contributed by atoms with E-state index in [0.29, 0.717) is 17.5 Å². The average Bonchev–Trinajstić information content (AvgIpc) is 2.77. The third kappa shape index (κ3) is 2.98. The molecule has 23 heavy (non-hydrogen) atoms. The number of methoxy groups -OCH3 is 1. The molecule has 0 aliphatic carbocycles. The molecule has 2 N–H and O–H groups in total. The van der Waals surface area contributed by atoms with Crippen molar-refractivity contribution >= 4 is 5.91 Å². The number of carbonyl (C=O) groups is 1. The van der Waals surface area contributed by atoms with Crippen LogP contribution in [0.1, 0.15) is 48.6 Å². The van der Waals surface area contributed by atoms with Crippen LogP contribution in [-0.4, -0.2) is 17.6 Å². The fraction of sp³-hybridized carbons (Fsp3) is 0.421. The summed E-state index contributed by atoms with van der Waals surface area (Å²) >= 11 is 0. The van der Waals surface area contributed by atoms with Gasteiger partial charge in [-0.2, -0.15) is 0 Å². The molecule has 0 aliphatic rings. The topological polar surface area (TPSA) is 57.2 Å². The molecule has 2 rings (SSSR count). The molecule has 0 bridgehead atoms. The molecule has 1 aromatic carbocycles. The van der Waals surface area contributed by atoms with Crippen LogP contribution in [0.4, 0.5) is 0 Å². The number of hydrogen-bond donors (Lipinski definition) is 1. The molecule has 0 saturated carbocycles. The van der Waals surface area contributed by atoms with E-state index in [1.165, 1.54) is 0 Å². The van der Waals surface area contributed by atoms with Crippen molar-refractivity contribution in [1.82, 2.24) is 4.57 Å². The zero-order valence-electron chi connectivity index (χ0n) is 14.8. The molecular formula is C19H26N2O2. The minimum absolute atomic E-state index is 0.292. The van der Waals surface area contributed by atoms with E-state index < -0.39 is 0 Å². The Kier molecular flexibility index (Phi) is 4.83. The van der Waals surface area contributed by atoms with E-state index in [2.05, 4.69) is 32.3 Å². The summed E-state index contributed by atoms with van der Waals surface area (Å²) in [5.41, 5.74) is 10.2. The summed E-state index contributed by atoms with van der Waals surface area (Å²) in [6, 6.07) is 8.03. The molecule has 4 heteroatoms. The van der Waals surface area contributed by atoms with Gasteiger partial charge < -0.3 is 15.0 Å². The lowest BCUT2D eigenvalue weighted by Crippen LogP contribution is -2.16. The smallest absolute Gasteiger partial charge is 0.251 e. The van der Waals surface area contributed by atoms with Gasteiger partial charge in [0, 0.05) is 23.0 Å². The second kappa shape index (κ2) is 6.49. The van der Waals surface area contributed by atoms with E-state index in [9.17, 15) is 4.79 Å². The molecule has 0 fully saturated rings. The summed E-state index contributed by atoms with van der Waals surface area (Å²) in [6.45, 7) is 10.6. The lowest BCUT2D eigenvalue weighted by molar-refractivity contribution is 0.1000. The van der Waals surface area contributed by atoms with Gasteiger partial charge in [0.2, 0.25) is 0 Å². The van der Waals surface area contributed by atoms with Crippen molar-refractivity contribution in [3.63, 3.8) is 0 Å². The van der Waals surface area contributed by atoms with Crippen LogP contribution in [-0.2, 0) is 0 Å². The fourth-order valence-corrected chi connectivity index (χ4v) is 3.18. The van der Waals surface area contributed by atoms with Crippen molar-refractivity contribution in [2.24, 2.45) is 11.7 Å². The molecule has 0 aliphatic heterocycles. The number of carbonyl (C=O) groups excluding carboxylic acids is 1. The maximum Gasteiger partial charge on any atom is 0.251 e. The van der Waals surface area contributed by atoms with Gasteiger partial charge in [-0.3, -0.25) is 4.79 Å². The van der Waals surface area contributed by atoms with E-state index in [1.807, 2.05) is 31.2 Å². The minimum atomic E-state index is -0.383. The van der Waals surface area contributed by atoms with Gasteiger partial charge in [0.05, 0.1) is 12.7 Å². The van der Waals surface area contributed by atoms with E-state index in [0.717, 1.165) is 28.3 Å². The van der Waals surface area contributed by atoms with Crippen molar-refractivity contribution in [2.75, 3.05) is 7.11 Å². The number of hydrogen-bond acceptors (Lipinski definition) is 2. The van der Waals surface area contributed by atoms with Gasteiger partial charge in [-0.1, -0.05) is 26.0 Å². The predicted octanol–water partition coefficient (Wildman–Crippen LogP) is 4.10. The lowest BCUT2D eigenvalue weighted by Gasteiger charge is -2.22. The molecule has 0 radical (unpaired) electrons. The number of aromatic nitrogens is 1. The second-order valence-corrected chi connectivity index (χ2v) is 6.37. The second-order valence-electron chi connectivity index (χ2n) is 6.37. The minimum Gasteiger partial charge on any atom is -0.497 e. The van der Waals surface area contributed by atoms with Gasteiger partial charge in [-0.05, 0) is 44.4 Å². The Morgan fingerprint density at radius 2 is 1.65 bits per heavy atom. The number of amides is 1. The Bertz CT molecular complexity index is 712. The van der Waals surface area contributed by atoms with Crippen molar-refractivity contribution < 1.29 is 9.53 Å². The Hall–Kier alpha value is -2.23. The first-order valence-electron chi connectivity index (χ1n) is 7.95. The molecule has 0 spiro atoms. The highest BCUT2D eigenvalue weighted by molar-refractivity contribution is 6.02. The molecule has 1 unspecified atom stereocenters. The van der Waals surface area contributed by atoms with E-state index in [4.69, 9.17) is 10.5 Å². The van der Waals surface area contributed by atoms with E-state index in [-0.39, 0.29) is 5.91 Å². The van der Waals surface area contributed by atoms with Gasteiger partial charge in [0.15, 0.2) is 0 Å². The number of rotatable bonds is 5. The van der Waals surface area contributed by atoms with Crippen molar-refractivity contribution in [3.8, 4) is 16.9 Å². The number of nitrogens with two attached hydrogens (primary N) is 1. The van der Waals surface area contributed by atoms with Crippen LogP contribution in [0, 0.1) is 19.8 Å². The number of nitrogens with zero attached hydrogens (tertiary/aromatic N) is 1. The predicted molar refractivity (Wildman–Crippen MR) is 94.0 cm³/mol. The highest BCUT2D eigenvalue weighted by atomic mass is 16.5. The van der Waals surface area contributed by atoms with Crippen molar-refractivity contribution in [3.05, 3.63) is 41.2 Å². The molecular weight excluding hydrogens is 288 g/mol. The average molecular weight is 314 g/mol. The standard InChI is InChI=1S/C19H26N2O2/c1-11(2)12(3)21-13(4)17(18(14(21)5)19(20)22)15-7-9-16(23-6)10-8-15/h7-12H,1-6H3,(H2,20,22). The first kappa shape index (κ1) is 17.1. The van der Waals surface area contributed by atoms with Crippen LogP contribution in [0.15, 0.2) is 24.3 Å². The molecule has 1 amide bonds. The molecule has 1 atom stereocenters. The zero-order valence-corrected chi connectivity index (χ0v) is 14.8. The van der Waals surface area contributed by atoms with Crippen molar-refractivity contribution in [1.29, 1.82) is 0 Å². The molecule has 0 saturated heterocycles. The summed E-state index contributed by atoms with van der Waals surface area (Å²) in [5, 5.41) is 0. The van der Waals surface area contributed by atoms with Crippen LogP contribution >= 0.6 is 0 Å². The first-order valence-corrected chi connectivity index (χ1v) is 7.95. The number of ether oxygens (including phenoxy) is 1. The van der Waals surface area contributed by atoms with E-state index >= 15 is 0 Å². The molecule has 1 heterocycles. The largest absolute Gasteiger partial charge is 0.497 e. The van der Waals surface area contributed by atoms with Crippen LogP contribution < -0.4 is 10.5 Å². The van der Waals surface area contributed by atoms with Crippen molar-refractivity contribution in [2.45, 2.75) is 40.7 Å². The fourth-order valence-electron chi connectivity index (χ4n) is 3.18. The molecule has 124 valence electrons. The van der Waals surface area contributed by atoms with Crippen LogP contribution in [0.25, 0.3) is 11.1 Å². The SMILES string of the molecule is COc1ccc(-c2c(C(N)=O)c(C)n(C(C)C(C)C)c2C)cc1. The van der Waals surface area contributed by atoms with Gasteiger partial charge in [0.1, 0.15) is 5.75 Å². The van der Waals surface area contributed by atoms with E-state index in [1.54, 1.807) is 7.11 Å². The summed E-state index contributed by atoms with van der Waals surface area (Å²) in [6.07, 6.45) is 0. The zero-order chi connectivity index (χ0) is 17.3. The Morgan fingerprint density at radius 3 is 2.09 bits per heavy atom. The summed E-state index contributed by atoms with van der Waals surface area (Å²) < 4.78 is 7.44. The maximum absolute atomic E-state index is 12.1. The quantitative estimate of drug-likeness (QED) is 0.903. The Labute approximate surface area is 138 Å². The van der Waals surface area contributed by atoms with Gasteiger partial charge in [-0.25, -0.2) is 0 Å². The normalized spacial score (nSPS) is 12.5. The van der Waals surface area contributed by atoms with Gasteiger partial charge in [0.25, 0.3) is 5.91 Å². The Morgan fingerprint density at radius 1 is 1.09 bits per heavy atom. The maximum atomic E-state index is 12.1. The van der Waals surface area contributed by atoms with Crippen LogP contribution in [0.5, 0.6) is 5.75 Å². The summed E-state index contributed by atoms with van der Waals surface area (Å²) in [7, 11) is 1.64. The summed E-state index contributed by atoms with van der Waals surface area (Å²) in [5.74, 6) is 0.870. The van der Waals surface area contributed by atoms with Gasteiger partial charge >= 0.3 is 0 Å². The molecule has 1 aromatic heterocycles. The molecule has 2 aromatic rings. The highest BCUT2D eigenvalue weighted by Gasteiger charge is 2.25. The lowest BCUT2D eigenvalue weighted by atomic mass is 10.00. The first-order chi connectivity index (χ1) is 10.8.